The highest BCUT2D eigenvalue weighted by atomic mass is 32.1. The van der Waals surface area contributed by atoms with E-state index in [0.717, 1.165) is 6.07 Å². The number of hydrogen-bond acceptors (Lipinski definition) is 4. The van der Waals surface area contributed by atoms with Gasteiger partial charge in [0.25, 0.3) is 0 Å². The summed E-state index contributed by atoms with van der Waals surface area (Å²) in [6.07, 6.45) is 0.0152. The zero-order valence-corrected chi connectivity index (χ0v) is 17.5. The van der Waals surface area contributed by atoms with Crippen LogP contribution in [0.3, 0.4) is 0 Å². The molecule has 7 nitrogen and oxygen atoms in total. The van der Waals surface area contributed by atoms with E-state index in [1.54, 1.807) is 37.3 Å². The van der Waals surface area contributed by atoms with Gasteiger partial charge < -0.3 is 15.1 Å². The molecule has 11 heteroatoms. The first-order valence-corrected chi connectivity index (χ1v) is 9.44. The van der Waals surface area contributed by atoms with Crippen molar-refractivity contribution >= 4 is 34.4 Å². The number of alkyl halides is 3. The van der Waals surface area contributed by atoms with Crippen LogP contribution < -0.4 is 5.73 Å². The minimum Gasteiger partial charge on any atom is -0.375 e. The van der Waals surface area contributed by atoms with Gasteiger partial charge in [-0.2, -0.15) is 18.3 Å². The van der Waals surface area contributed by atoms with Crippen molar-refractivity contribution in [2.75, 3.05) is 13.6 Å². The lowest BCUT2D eigenvalue weighted by atomic mass is 9.97. The van der Waals surface area contributed by atoms with Crippen LogP contribution >= 0.6 is 12.2 Å². The number of imidazole rings is 1. The van der Waals surface area contributed by atoms with Crippen molar-refractivity contribution in [2.45, 2.75) is 12.6 Å². The van der Waals surface area contributed by atoms with Gasteiger partial charge in [-0.3, -0.25) is 0 Å². The molecule has 31 heavy (non-hydrogen) atoms. The number of hydrazone groups is 1. The van der Waals surface area contributed by atoms with Gasteiger partial charge in [-0.1, -0.05) is 0 Å². The lowest BCUT2D eigenvalue weighted by Crippen LogP contribution is -2.27. The Labute approximate surface area is 181 Å². The third-order valence-corrected chi connectivity index (χ3v) is 4.90. The van der Waals surface area contributed by atoms with Gasteiger partial charge in [-0.25, -0.2) is 21.5 Å². The Morgan fingerprint density at radius 1 is 1.39 bits per heavy atom. The van der Waals surface area contributed by atoms with Gasteiger partial charge in [0.2, 0.25) is 6.54 Å². The van der Waals surface area contributed by atoms with E-state index >= 15 is 0 Å². The van der Waals surface area contributed by atoms with Crippen LogP contribution in [0.4, 0.5) is 13.2 Å². The van der Waals surface area contributed by atoms with Crippen LogP contribution in [0.15, 0.2) is 35.8 Å². The Morgan fingerprint density at radius 2 is 2.13 bits per heavy atom. The molecule has 0 aliphatic carbocycles. The summed E-state index contributed by atoms with van der Waals surface area (Å²) >= 11 is 4.88. The third-order valence-electron chi connectivity index (χ3n) is 4.63. The summed E-state index contributed by atoms with van der Waals surface area (Å²) in [5, 5.41) is 5.96. The van der Waals surface area contributed by atoms with Gasteiger partial charge in [0, 0.05) is 31.5 Å². The molecule has 0 unspecified atom stereocenters. The molecule has 1 aromatic carbocycles. The van der Waals surface area contributed by atoms with Crippen molar-refractivity contribution in [1.29, 1.82) is 0 Å². The Morgan fingerprint density at radius 3 is 2.71 bits per heavy atom. The Kier molecular flexibility index (Phi) is 6.21. The lowest BCUT2D eigenvalue weighted by Gasteiger charge is -2.15. The van der Waals surface area contributed by atoms with Crippen molar-refractivity contribution < 1.29 is 13.2 Å². The number of benzene rings is 1. The molecule has 2 N–H and O–H groups in total. The molecule has 0 saturated heterocycles. The largest absolute Gasteiger partial charge is 0.416 e. The Balaban J connectivity index is 2.30. The second-order valence-electron chi connectivity index (χ2n) is 6.75. The third kappa shape index (κ3) is 4.80. The second kappa shape index (κ2) is 8.69. The van der Waals surface area contributed by atoms with E-state index in [9.17, 15) is 13.2 Å². The zero-order chi connectivity index (χ0) is 22.8. The average molecular weight is 445 g/mol. The maximum Gasteiger partial charge on any atom is 0.416 e. The standard InChI is InChI=1S/C20H18F3N7S/c1-25-5-4-12-6-14-13(9-27-30(3)19(24)31)7-17(18-10-26-11-29(18)2)28-16(14)8-15(12)20(21,22)23/h6-11H,4-5H2,2-3H3,(H2,24,31). The average Bonchev–Trinajstić information content (AvgIpc) is 3.14. The first kappa shape index (κ1) is 22.2. The molecule has 2 aromatic heterocycles. The first-order chi connectivity index (χ1) is 14.6. The van der Waals surface area contributed by atoms with Gasteiger partial charge in [0.1, 0.15) is 0 Å². The fourth-order valence-electron chi connectivity index (χ4n) is 3.04. The second-order valence-corrected chi connectivity index (χ2v) is 7.17. The van der Waals surface area contributed by atoms with E-state index in [0.29, 0.717) is 22.3 Å². The topological polar surface area (TPSA) is 76.7 Å². The van der Waals surface area contributed by atoms with Crippen LogP contribution in [0.25, 0.3) is 27.1 Å². The summed E-state index contributed by atoms with van der Waals surface area (Å²) in [5.41, 5.74) is 6.53. The number of rotatable bonds is 5. The normalized spacial score (nSPS) is 11.7. The molecule has 0 spiro atoms. The number of pyridine rings is 1. The SMILES string of the molecule is [C-]#[N+]CCc1cc2c(C=NN(C)C(N)=S)cc(-c3cncn3C)nc2cc1C(F)(F)F. The molecule has 160 valence electrons. The number of nitrogens with two attached hydrogens (primary N) is 1. The number of aryl methyl sites for hydroxylation is 1. The number of halogens is 3. The number of fused-ring (bicyclic) bond motifs is 1. The van der Waals surface area contributed by atoms with E-state index in [4.69, 9.17) is 24.5 Å². The van der Waals surface area contributed by atoms with E-state index in [2.05, 4.69) is 19.9 Å². The van der Waals surface area contributed by atoms with Crippen molar-refractivity contribution in [1.82, 2.24) is 19.5 Å². The molecule has 0 amide bonds. The minimum absolute atomic E-state index is 0.0266. The predicted octanol–water partition coefficient (Wildman–Crippen LogP) is 3.63. The molecule has 3 aromatic rings. The smallest absolute Gasteiger partial charge is 0.375 e. The van der Waals surface area contributed by atoms with Crippen LogP contribution in [0.5, 0.6) is 0 Å². The molecule has 0 radical (unpaired) electrons. The molecule has 0 aliphatic heterocycles. The molecule has 0 fully saturated rings. The fraction of sp³-hybridized carbons (Fsp3) is 0.250. The number of hydrogen-bond donors (Lipinski definition) is 1. The van der Waals surface area contributed by atoms with E-state index < -0.39 is 11.7 Å². The fourth-order valence-corrected chi connectivity index (χ4v) is 3.09. The van der Waals surface area contributed by atoms with Crippen LogP contribution in [-0.2, 0) is 19.6 Å². The summed E-state index contributed by atoms with van der Waals surface area (Å²) in [6, 6.07) is 4.15. The van der Waals surface area contributed by atoms with Crippen molar-refractivity contribution in [3.8, 4) is 11.4 Å². The van der Waals surface area contributed by atoms with Crippen molar-refractivity contribution in [3.05, 3.63) is 58.8 Å². The summed E-state index contributed by atoms with van der Waals surface area (Å²) in [7, 11) is 3.32. The van der Waals surface area contributed by atoms with E-state index in [1.165, 1.54) is 17.3 Å². The highest BCUT2D eigenvalue weighted by Gasteiger charge is 2.34. The van der Waals surface area contributed by atoms with Gasteiger partial charge in [-0.05, 0) is 36.0 Å². The molecule has 2 heterocycles. The van der Waals surface area contributed by atoms with Gasteiger partial charge in [0.15, 0.2) is 5.11 Å². The molecule has 0 aliphatic rings. The maximum absolute atomic E-state index is 13.7. The van der Waals surface area contributed by atoms with Gasteiger partial charge in [0.05, 0.1) is 41.2 Å². The zero-order valence-electron chi connectivity index (χ0n) is 16.7. The molecular formula is C20H18F3N7S. The first-order valence-electron chi connectivity index (χ1n) is 9.03. The van der Waals surface area contributed by atoms with Crippen LogP contribution in [0.2, 0.25) is 0 Å². The molecule has 0 saturated carbocycles. The molecule has 0 bridgehead atoms. The lowest BCUT2D eigenvalue weighted by molar-refractivity contribution is -0.138. The van der Waals surface area contributed by atoms with Crippen molar-refractivity contribution in [2.24, 2.45) is 17.9 Å². The number of aromatic nitrogens is 3. The highest BCUT2D eigenvalue weighted by molar-refractivity contribution is 7.80. The predicted molar refractivity (Wildman–Crippen MR) is 116 cm³/mol. The maximum atomic E-state index is 13.7. The summed E-state index contributed by atoms with van der Waals surface area (Å²) in [4.78, 5) is 11.7. The van der Waals surface area contributed by atoms with E-state index in [1.807, 2.05) is 0 Å². The molecular weight excluding hydrogens is 427 g/mol. The van der Waals surface area contributed by atoms with Gasteiger partial charge >= 0.3 is 6.18 Å². The highest BCUT2D eigenvalue weighted by Crippen LogP contribution is 2.36. The summed E-state index contributed by atoms with van der Waals surface area (Å²) < 4.78 is 42.8. The van der Waals surface area contributed by atoms with Gasteiger partial charge in [-0.15, -0.1) is 0 Å². The van der Waals surface area contributed by atoms with Crippen molar-refractivity contribution in [3.63, 3.8) is 0 Å². The number of nitrogens with zero attached hydrogens (tertiary/aromatic N) is 6. The minimum atomic E-state index is -4.57. The monoisotopic (exact) mass is 445 g/mol. The van der Waals surface area contributed by atoms with Crippen LogP contribution in [-0.4, -0.2) is 44.5 Å². The van der Waals surface area contributed by atoms with Crippen LogP contribution in [0, 0.1) is 6.57 Å². The van der Waals surface area contributed by atoms with E-state index in [-0.39, 0.29) is 29.2 Å². The summed E-state index contributed by atoms with van der Waals surface area (Å²) in [6.45, 7) is 6.88. The summed E-state index contributed by atoms with van der Waals surface area (Å²) in [5.74, 6) is 0. The Bertz CT molecular complexity index is 1210. The Hall–Kier alpha value is -3.52. The van der Waals surface area contributed by atoms with Crippen LogP contribution in [0.1, 0.15) is 16.7 Å². The molecule has 0 atom stereocenters. The quantitative estimate of drug-likeness (QED) is 0.281. The number of thiocarbonyl (C=S) groups is 1. The molecule has 3 rings (SSSR count).